The van der Waals surface area contributed by atoms with Gasteiger partial charge in [-0.25, -0.2) is 4.79 Å². The van der Waals surface area contributed by atoms with Gasteiger partial charge in [0.25, 0.3) is 0 Å². The van der Waals surface area contributed by atoms with Crippen LogP contribution in [0.5, 0.6) is 5.75 Å². The maximum Gasteiger partial charge on any atom is 0.355 e. The van der Waals surface area contributed by atoms with E-state index in [-0.39, 0.29) is 11.4 Å². The van der Waals surface area contributed by atoms with Gasteiger partial charge in [-0.05, 0) is 36.7 Å². The lowest BCUT2D eigenvalue weighted by atomic mass is 10.0. The van der Waals surface area contributed by atoms with Gasteiger partial charge in [0.15, 0.2) is 5.69 Å². The van der Waals surface area contributed by atoms with Crippen molar-refractivity contribution in [3.8, 4) is 17.0 Å². The van der Waals surface area contributed by atoms with Crippen molar-refractivity contribution in [2.45, 2.75) is 23.6 Å². The second-order valence-electron chi connectivity index (χ2n) is 4.83. The van der Waals surface area contributed by atoms with Gasteiger partial charge in [0.2, 0.25) is 0 Å². The lowest BCUT2D eigenvalue weighted by molar-refractivity contribution is 0.0679. The second-order valence-corrected chi connectivity index (χ2v) is 5.81. The first kappa shape index (κ1) is 14.0. The molecular formula is C14H15N3O3S. The molecule has 1 aromatic carbocycles. The average molecular weight is 305 g/mol. The van der Waals surface area contributed by atoms with Gasteiger partial charge in [0, 0.05) is 17.9 Å². The van der Waals surface area contributed by atoms with Crippen molar-refractivity contribution in [2.24, 2.45) is 5.73 Å². The summed E-state index contributed by atoms with van der Waals surface area (Å²) >= 11 is 1.44. The van der Waals surface area contributed by atoms with E-state index < -0.39 is 5.97 Å². The molecule has 1 aromatic heterocycles. The molecule has 2 aromatic rings. The van der Waals surface area contributed by atoms with Crippen molar-refractivity contribution in [2.75, 3.05) is 6.54 Å². The topological polar surface area (TPSA) is 101 Å². The number of benzene rings is 1. The lowest BCUT2D eigenvalue weighted by Crippen LogP contribution is -2.13. The van der Waals surface area contributed by atoms with Crippen molar-refractivity contribution in [1.29, 1.82) is 0 Å². The molecule has 0 saturated heterocycles. The first-order valence-corrected chi connectivity index (χ1v) is 7.59. The molecule has 6 nitrogen and oxygen atoms in total. The molecule has 21 heavy (non-hydrogen) atoms. The third-order valence-electron chi connectivity index (χ3n) is 3.40. The largest absolute Gasteiger partial charge is 0.508 e. The molecule has 0 fully saturated rings. The molecule has 7 heteroatoms. The van der Waals surface area contributed by atoms with Crippen molar-refractivity contribution < 1.29 is 15.0 Å². The van der Waals surface area contributed by atoms with Crippen molar-refractivity contribution in [1.82, 2.24) is 9.78 Å². The summed E-state index contributed by atoms with van der Waals surface area (Å²) in [6.07, 6.45) is 0.675. The molecule has 0 saturated carbocycles. The maximum absolute atomic E-state index is 11.5. The Kier molecular flexibility index (Phi) is 3.60. The van der Waals surface area contributed by atoms with Gasteiger partial charge < -0.3 is 15.9 Å². The summed E-state index contributed by atoms with van der Waals surface area (Å²) in [4.78, 5) is 12.2. The standard InChI is InChI=1S/C14H15N3O3S/c15-4-1-5-17-12(14(19)20)13-11(16-17)10-3-2-9(18)6-8(10)7-21-13/h2-3,6,18H,1,4-5,7,15H2,(H,19,20). The second kappa shape index (κ2) is 5.42. The zero-order valence-corrected chi connectivity index (χ0v) is 12.1. The van der Waals surface area contributed by atoms with E-state index in [4.69, 9.17) is 5.73 Å². The summed E-state index contributed by atoms with van der Waals surface area (Å²) in [5, 5.41) is 23.5. The summed E-state index contributed by atoms with van der Waals surface area (Å²) in [5.74, 6) is -0.145. The van der Waals surface area contributed by atoms with Gasteiger partial charge in [-0.15, -0.1) is 11.8 Å². The van der Waals surface area contributed by atoms with Gasteiger partial charge in [0.05, 0.1) is 4.90 Å². The molecule has 0 spiro atoms. The quantitative estimate of drug-likeness (QED) is 0.797. The van der Waals surface area contributed by atoms with Gasteiger partial charge in [-0.2, -0.15) is 5.10 Å². The predicted molar refractivity (Wildman–Crippen MR) is 79.5 cm³/mol. The Bertz CT molecular complexity index is 712. The molecule has 2 heterocycles. The van der Waals surface area contributed by atoms with E-state index in [1.807, 2.05) is 0 Å². The number of phenolic OH excluding ortho intramolecular Hbond substituents is 1. The highest BCUT2D eigenvalue weighted by Gasteiger charge is 2.28. The van der Waals surface area contributed by atoms with Gasteiger partial charge in [0.1, 0.15) is 11.4 Å². The summed E-state index contributed by atoms with van der Waals surface area (Å²) < 4.78 is 1.52. The number of carboxylic acids is 1. The predicted octanol–water partition coefficient (Wildman–Crippen LogP) is 1.91. The summed E-state index contributed by atoms with van der Waals surface area (Å²) in [7, 11) is 0. The van der Waals surface area contributed by atoms with Crippen LogP contribution in [-0.4, -0.2) is 32.5 Å². The highest BCUT2D eigenvalue weighted by atomic mass is 32.2. The van der Waals surface area contributed by atoms with Crippen LogP contribution in [-0.2, 0) is 12.3 Å². The number of rotatable bonds is 4. The monoisotopic (exact) mass is 305 g/mol. The number of aryl methyl sites for hydroxylation is 1. The minimum Gasteiger partial charge on any atom is -0.508 e. The fourth-order valence-electron chi connectivity index (χ4n) is 2.45. The normalized spacial score (nSPS) is 12.8. The van der Waals surface area contributed by atoms with E-state index in [2.05, 4.69) is 5.10 Å². The Morgan fingerprint density at radius 3 is 3.00 bits per heavy atom. The van der Waals surface area contributed by atoms with Crippen LogP contribution in [0.1, 0.15) is 22.5 Å². The maximum atomic E-state index is 11.5. The molecule has 0 bridgehead atoms. The molecular weight excluding hydrogens is 290 g/mol. The Labute approximate surface area is 125 Å². The van der Waals surface area contributed by atoms with Crippen molar-refractivity contribution in [3.63, 3.8) is 0 Å². The van der Waals surface area contributed by atoms with Crippen LogP contribution in [0.3, 0.4) is 0 Å². The van der Waals surface area contributed by atoms with Gasteiger partial charge in [-0.3, -0.25) is 4.68 Å². The highest BCUT2D eigenvalue weighted by Crippen LogP contribution is 2.43. The lowest BCUT2D eigenvalue weighted by Gasteiger charge is -2.14. The molecule has 4 N–H and O–H groups in total. The Morgan fingerprint density at radius 2 is 2.29 bits per heavy atom. The molecule has 110 valence electrons. The summed E-state index contributed by atoms with van der Waals surface area (Å²) in [6, 6.07) is 5.08. The Balaban J connectivity index is 2.14. The van der Waals surface area contributed by atoms with E-state index in [9.17, 15) is 15.0 Å². The number of thioether (sulfide) groups is 1. The SMILES string of the molecule is NCCCn1nc2c(c1C(=O)O)SCc1cc(O)ccc1-2. The number of nitrogens with zero attached hydrogens (tertiary/aromatic N) is 2. The number of hydrogen-bond donors (Lipinski definition) is 3. The Hall–Kier alpha value is -1.99. The average Bonchev–Trinajstić information content (AvgIpc) is 2.83. The van der Waals surface area contributed by atoms with Crippen molar-refractivity contribution in [3.05, 3.63) is 29.5 Å². The van der Waals surface area contributed by atoms with E-state index in [0.29, 0.717) is 35.9 Å². The fourth-order valence-corrected chi connectivity index (χ4v) is 3.60. The van der Waals surface area contributed by atoms with E-state index in [1.165, 1.54) is 16.4 Å². The summed E-state index contributed by atoms with van der Waals surface area (Å²) in [5.41, 5.74) is 8.25. The number of hydrogen-bond acceptors (Lipinski definition) is 5. The van der Waals surface area contributed by atoms with Crippen LogP contribution in [0.15, 0.2) is 23.1 Å². The van der Waals surface area contributed by atoms with E-state index in [0.717, 1.165) is 11.1 Å². The van der Waals surface area contributed by atoms with Crippen LogP contribution in [0.4, 0.5) is 0 Å². The molecule has 3 rings (SSSR count). The third-order valence-corrected chi connectivity index (χ3v) is 4.53. The molecule has 0 unspecified atom stereocenters. The fraction of sp³-hybridized carbons (Fsp3) is 0.286. The van der Waals surface area contributed by atoms with Gasteiger partial charge >= 0.3 is 5.97 Å². The van der Waals surface area contributed by atoms with Crippen LogP contribution >= 0.6 is 11.8 Å². The number of fused-ring (bicyclic) bond motifs is 3. The number of nitrogens with two attached hydrogens (primary N) is 1. The highest BCUT2D eigenvalue weighted by molar-refractivity contribution is 7.98. The Morgan fingerprint density at radius 1 is 1.48 bits per heavy atom. The number of phenols is 1. The minimum atomic E-state index is -0.976. The molecule has 1 aliphatic rings. The number of carbonyl (C=O) groups is 1. The molecule has 1 aliphatic heterocycles. The number of aromatic carboxylic acids is 1. The minimum absolute atomic E-state index is 0.207. The molecule has 0 aliphatic carbocycles. The first-order valence-electron chi connectivity index (χ1n) is 6.61. The van der Waals surface area contributed by atoms with Crippen molar-refractivity contribution >= 4 is 17.7 Å². The molecule has 0 atom stereocenters. The molecule has 0 radical (unpaired) electrons. The van der Waals surface area contributed by atoms with Gasteiger partial charge in [-0.1, -0.05) is 0 Å². The number of aromatic hydroxyl groups is 1. The van der Waals surface area contributed by atoms with Crippen LogP contribution < -0.4 is 5.73 Å². The number of aromatic nitrogens is 2. The summed E-state index contributed by atoms with van der Waals surface area (Å²) in [6.45, 7) is 0.973. The zero-order chi connectivity index (χ0) is 15.0. The zero-order valence-electron chi connectivity index (χ0n) is 11.2. The van der Waals surface area contributed by atoms with Crippen LogP contribution in [0, 0.1) is 0 Å². The smallest absolute Gasteiger partial charge is 0.355 e. The van der Waals surface area contributed by atoms with Crippen LogP contribution in [0.25, 0.3) is 11.3 Å². The molecule has 0 amide bonds. The van der Waals surface area contributed by atoms with Crippen LogP contribution in [0.2, 0.25) is 0 Å². The van der Waals surface area contributed by atoms with E-state index in [1.54, 1.807) is 18.2 Å². The number of carboxylic acid groups (broad SMARTS) is 1. The first-order chi connectivity index (χ1) is 10.1. The third kappa shape index (κ3) is 2.38. The van der Waals surface area contributed by atoms with E-state index >= 15 is 0 Å².